The van der Waals surface area contributed by atoms with Gasteiger partial charge in [-0.25, -0.2) is 0 Å². The maximum absolute atomic E-state index is 8.89. The van der Waals surface area contributed by atoms with Crippen LogP contribution in [0.4, 0.5) is 0 Å². The molecule has 2 nitrogen and oxygen atoms in total. The molecule has 66 valence electrons. The van der Waals surface area contributed by atoms with Gasteiger partial charge in [0, 0.05) is 0 Å². The van der Waals surface area contributed by atoms with E-state index in [-0.39, 0.29) is 0 Å². The minimum atomic E-state index is 0.586. The number of nitrogens with zero attached hydrogens (tertiary/aromatic N) is 1. The van der Waals surface area contributed by atoms with Crippen molar-refractivity contribution >= 4 is 5.57 Å². The molecule has 1 rings (SSSR count). The molecule has 0 fully saturated rings. The van der Waals surface area contributed by atoms with Crippen LogP contribution in [0, 0.1) is 11.3 Å². The number of ether oxygens (including phenoxy) is 1. The highest BCUT2D eigenvalue weighted by Gasteiger charge is 2.03. The van der Waals surface area contributed by atoms with E-state index in [4.69, 9.17) is 10.00 Å². The molecule has 0 spiro atoms. The molecule has 0 amide bonds. The molecule has 1 aromatic carbocycles. The van der Waals surface area contributed by atoms with Crippen molar-refractivity contribution in [2.75, 3.05) is 7.11 Å². The highest BCUT2D eigenvalue weighted by Crippen LogP contribution is 2.17. The zero-order valence-electron chi connectivity index (χ0n) is 7.74. The largest absolute Gasteiger partial charge is 0.500 e. The number of methoxy groups -OCH3 is 1. The minimum absolute atomic E-state index is 0.586. The van der Waals surface area contributed by atoms with Crippen LogP contribution >= 0.6 is 0 Å². The summed E-state index contributed by atoms with van der Waals surface area (Å²) in [5, 5.41) is 8.89. The van der Waals surface area contributed by atoms with Crippen LogP contribution in [-0.4, -0.2) is 7.11 Å². The Balaban J connectivity index is 3.15. The maximum atomic E-state index is 8.89. The minimum Gasteiger partial charge on any atom is -0.500 e. The average molecular weight is 173 g/mol. The summed E-state index contributed by atoms with van der Waals surface area (Å²) in [6, 6.07) is 11.6. The van der Waals surface area contributed by atoms with Gasteiger partial charge in [-0.15, -0.1) is 0 Å². The van der Waals surface area contributed by atoms with Crippen molar-refractivity contribution in [2.24, 2.45) is 0 Å². The van der Waals surface area contributed by atoms with Gasteiger partial charge in [0.1, 0.15) is 11.8 Å². The molecule has 1 aromatic rings. The smallest absolute Gasteiger partial charge is 0.111 e. The molecular formula is C11H11NO. The number of hydrogen-bond donors (Lipinski definition) is 0. The standard InChI is InChI=1S/C11H11NO/c1-9(13-2)11(8-12)10-6-4-3-5-7-10/h3-7H,1-2H3/b11-9-. The third-order valence-electron chi connectivity index (χ3n) is 1.83. The molecule has 13 heavy (non-hydrogen) atoms. The van der Waals surface area contributed by atoms with E-state index in [0.717, 1.165) is 5.56 Å². The molecule has 0 N–H and O–H groups in total. The summed E-state index contributed by atoms with van der Waals surface area (Å²) in [4.78, 5) is 0. The molecule has 0 aliphatic heterocycles. The lowest BCUT2D eigenvalue weighted by Crippen LogP contribution is -1.88. The van der Waals surface area contributed by atoms with Crippen LogP contribution in [0.3, 0.4) is 0 Å². The normalized spacial score (nSPS) is 11.5. The van der Waals surface area contributed by atoms with E-state index < -0.39 is 0 Å². The van der Waals surface area contributed by atoms with Gasteiger partial charge in [-0.05, 0) is 12.5 Å². The zero-order valence-corrected chi connectivity index (χ0v) is 7.74. The molecule has 2 heteroatoms. The van der Waals surface area contributed by atoms with Gasteiger partial charge in [-0.3, -0.25) is 0 Å². The summed E-state index contributed by atoms with van der Waals surface area (Å²) in [6.07, 6.45) is 0. The fourth-order valence-electron chi connectivity index (χ4n) is 1.05. The molecule has 0 saturated heterocycles. The molecule has 0 saturated carbocycles. The van der Waals surface area contributed by atoms with Crippen LogP contribution in [0.2, 0.25) is 0 Å². The molecule has 0 unspecified atom stereocenters. The summed E-state index contributed by atoms with van der Waals surface area (Å²) in [6.45, 7) is 1.78. The number of nitriles is 1. The SMILES string of the molecule is CO/C(C)=C(/C#N)c1ccccc1. The Hall–Kier alpha value is -1.75. The van der Waals surface area contributed by atoms with Gasteiger partial charge in [0.2, 0.25) is 0 Å². The van der Waals surface area contributed by atoms with E-state index in [0.29, 0.717) is 11.3 Å². The molecule has 0 aliphatic carbocycles. The maximum Gasteiger partial charge on any atom is 0.111 e. The van der Waals surface area contributed by atoms with E-state index in [1.165, 1.54) is 0 Å². The fraction of sp³-hybridized carbons (Fsp3) is 0.182. The van der Waals surface area contributed by atoms with Gasteiger partial charge >= 0.3 is 0 Å². The number of rotatable bonds is 2. The van der Waals surface area contributed by atoms with Gasteiger partial charge in [0.05, 0.1) is 12.7 Å². The van der Waals surface area contributed by atoms with Crippen LogP contribution < -0.4 is 0 Å². The van der Waals surface area contributed by atoms with Crippen LogP contribution in [-0.2, 0) is 4.74 Å². The lowest BCUT2D eigenvalue weighted by Gasteiger charge is -2.03. The van der Waals surface area contributed by atoms with Gasteiger partial charge in [0.25, 0.3) is 0 Å². The van der Waals surface area contributed by atoms with Crippen molar-refractivity contribution in [3.05, 3.63) is 41.7 Å². The van der Waals surface area contributed by atoms with Crippen LogP contribution in [0.15, 0.2) is 36.1 Å². The Morgan fingerprint density at radius 3 is 2.38 bits per heavy atom. The molecule has 0 radical (unpaired) electrons. The molecule has 0 heterocycles. The molecule has 0 aromatic heterocycles. The van der Waals surface area contributed by atoms with Crippen molar-refractivity contribution < 1.29 is 4.74 Å². The fourth-order valence-corrected chi connectivity index (χ4v) is 1.05. The topological polar surface area (TPSA) is 33.0 Å². The number of hydrogen-bond acceptors (Lipinski definition) is 2. The quantitative estimate of drug-likeness (QED) is 0.508. The predicted molar refractivity (Wildman–Crippen MR) is 51.7 cm³/mol. The lowest BCUT2D eigenvalue weighted by molar-refractivity contribution is 0.296. The summed E-state index contributed by atoms with van der Waals surface area (Å²) < 4.78 is 5.01. The van der Waals surface area contributed by atoms with Gasteiger partial charge in [0.15, 0.2) is 0 Å². The first kappa shape index (κ1) is 9.34. The van der Waals surface area contributed by atoms with Crippen molar-refractivity contribution in [2.45, 2.75) is 6.92 Å². The monoisotopic (exact) mass is 173 g/mol. The Morgan fingerprint density at radius 1 is 1.31 bits per heavy atom. The van der Waals surface area contributed by atoms with Gasteiger partial charge < -0.3 is 4.74 Å². The highest BCUT2D eigenvalue weighted by molar-refractivity contribution is 5.77. The van der Waals surface area contributed by atoms with Crippen molar-refractivity contribution in [1.82, 2.24) is 0 Å². The summed E-state index contributed by atoms with van der Waals surface area (Å²) in [5.41, 5.74) is 1.48. The summed E-state index contributed by atoms with van der Waals surface area (Å²) in [7, 11) is 1.57. The number of benzene rings is 1. The second kappa shape index (κ2) is 4.32. The first-order valence-electron chi connectivity index (χ1n) is 4.00. The van der Waals surface area contributed by atoms with E-state index in [1.54, 1.807) is 14.0 Å². The summed E-state index contributed by atoms with van der Waals surface area (Å²) in [5.74, 6) is 0.647. The second-order valence-electron chi connectivity index (χ2n) is 2.61. The van der Waals surface area contributed by atoms with E-state index in [9.17, 15) is 0 Å². The molecule has 0 aliphatic rings. The first-order chi connectivity index (χ1) is 6.29. The van der Waals surface area contributed by atoms with E-state index in [1.807, 2.05) is 30.3 Å². The van der Waals surface area contributed by atoms with Crippen LogP contribution in [0.5, 0.6) is 0 Å². The Morgan fingerprint density at radius 2 is 1.92 bits per heavy atom. The van der Waals surface area contributed by atoms with Crippen molar-refractivity contribution in [1.29, 1.82) is 5.26 Å². The highest BCUT2D eigenvalue weighted by atomic mass is 16.5. The van der Waals surface area contributed by atoms with Crippen molar-refractivity contribution in [3.63, 3.8) is 0 Å². The Labute approximate surface area is 78.1 Å². The van der Waals surface area contributed by atoms with E-state index >= 15 is 0 Å². The summed E-state index contributed by atoms with van der Waals surface area (Å²) >= 11 is 0. The van der Waals surface area contributed by atoms with E-state index in [2.05, 4.69) is 6.07 Å². The number of allylic oxidation sites excluding steroid dienone is 2. The van der Waals surface area contributed by atoms with Crippen molar-refractivity contribution in [3.8, 4) is 6.07 Å². The predicted octanol–water partition coefficient (Wildman–Crippen LogP) is 2.59. The molecule has 0 atom stereocenters. The zero-order chi connectivity index (χ0) is 9.68. The Bertz CT molecular complexity index is 346. The molecule has 0 bridgehead atoms. The van der Waals surface area contributed by atoms with Crippen LogP contribution in [0.1, 0.15) is 12.5 Å². The first-order valence-corrected chi connectivity index (χ1v) is 4.00. The molecular weight excluding hydrogens is 162 g/mol. The third-order valence-corrected chi connectivity index (χ3v) is 1.83. The third kappa shape index (κ3) is 2.09. The van der Waals surface area contributed by atoms with Crippen LogP contribution in [0.25, 0.3) is 5.57 Å². The second-order valence-corrected chi connectivity index (χ2v) is 2.61. The Kier molecular flexibility index (Phi) is 3.10. The van der Waals surface area contributed by atoms with Gasteiger partial charge in [-0.1, -0.05) is 30.3 Å². The van der Waals surface area contributed by atoms with Gasteiger partial charge in [-0.2, -0.15) is 5.26 Å². The average Bonchev–Trinajstić information content (AvgIpc) is 2.20. The lowest BCUT2D eigenvalue weighted by atomic mass is 10.1.